The minimum absolute atomic E-state index is 0.205. The third-order valence-electron chi connectivity index (χ3n) is 2.66. The number of methoxy groups -OCH3 is 1. The number of hydrogen-bond donors (Lipinski definition) is 2. The van der Waals surface area contributed by atoms with Gasteiger partial charge >= 0.3 is 12.0 Å². The van der Waals surface area contributed by atoms with Gasteiger partial charge in [-0.25, -0.2) is 4.79 Å². The smallest absolute Gasteiger partial charge is 0.323 e. The summed E-state index contributed by atoms with van der Waals surface area (Å²) in [6.07, 6.45) is 2.36. The van der Waals surface area contributed by atoms with E-state index in [2.05, 4.69) is 10.4 Å². The van der Waals surface area contributed by atoms with E-state index in [-0.39, 0.29) is 19.7 Å². The van der Waals surface area contributed by atoms with Gasteiger partial charge < -0.3 is 20.1 Å². The Kier molecular flexibility index (Phi) is 5.98. The van der Waals surface area contributed by atoms with Crippen molar-refractivity contribution in [1.82, 2.24) is 14.7 Å². The van der Waals surface area contributed by atoms with E-state index in [1.54, 1.807) is 17.9 Å². The number of nitrogens with zero attached hydrogens (tertiary/aromatic N) is 3. The first-order valence-electron chi connectivity index (χ1n) is 6.27. The Bertz CT molecular complexity index is 472. The van der Waals surface area contributed by atoms with E-state index in [1.807, 2.05) is 6.92 Å². The number of amides is 2. The van der Waals surface area contributed by atoms with Gasteiger partial charge in [-0.15, -0.1) is 0 Å². The Morgan fingerprint density at radius 2 is 2.25 bits per heavy atom. The van der Waals surface area contributed by atoms with Crippen LogP contribution in [-0.4, -0.2) is 58.6 Å². The number of urea groups is 1. The van der Waals surface area contributed by atoms with Crippen LogP contribution in [0, 0.1) is 0 Å². The number of ether oxygens (including phenoxy) is 1. The van der Waals surface area contributed by atoms with Gasteiger partial charge in [0.25, 0.3) is 0 Å². The van der Waals surface area contributed by atoms with Crippen molar-refractivity contribution in [3.8, 4) is 0 Å². The molecule has 2 amide bonds. The minimum atomic E-state index is -1.07. The fourth-order valence-electron chi connectivity index (χ4n) is 1.71. The zero-order valence-electron chi connectivity index (χ0n) is 11.9. The van der Waals surface area contributed by atoms with Crippen molar-refractivity contribution in [3.05, 3.63) is 11.9 Å². The van der Waals surface area contributed by atoms with Crippen molar-refractivity contribution in [2.75, 3.05) is 32.1 Å². The summed E-state index contributed by atoms with van der Waals surface area (Å²) in [6, 6.07) is -0.479. The van der Waals surface area contributed by atoms with Crippen molar-refractivity contribution in [3.63, 3.8) is 0 Å². The number of anilines is 1. The number of aliphatic carboxylic acids is 1. The molecule has 0 aliphatic heterocycles. The summed E-state index contributed by atoms with van der Waals surface area (Å²) >= 11 is 0. The van der Waals surface area contributed by atoms with Crippen molar-refractivity contribution in [2.24, 2.45) is 7.05 Å². The third-order valence-corrected chi connectivity index (χ3v) is 2.66. The molecule has 112 valence electrons. The molecule has 0 aromatic carbocycles. The molecular weight excluding hydrogens is 264 g/mol. The second kappa shape index (κ2) is 7.49. The van der Waals surface area contributed by atoms with Gasteiger partial charge in [0.15, 0.2) is 0 Å². The summed E-state index contributed by atoms with van der Waals surface area (Å²) in [5, 5.41) is 15.7. The van der Waals surface area contributed by atoms with Crippen LogP contribution in [0.1, 0.15) is 12.6 Å². The quantitative estimate of drug-likeness (QED) is 0.762. The van der Waals surface area contributed by atoms with Crippen molar-refractivity contribution < 1.29 is 19.4 Å². The Balaban J connectivity index is 2.75. The highest BCUT2D eigenvalue weighted by atomic mass is 16.5. The zero-order valence-corrected chi connectivity index (χ0v) is 11.9. The average molecular weight is 284 g/mol. The Morgan fingerprint density at radius 1 is 1.55 bits per heavy atom. The fraction of sp³-hybridized carbons (Fsp3) is 0.583. The van der Waals surface area contributed by atoms with Gasteiger partial charge in [0, 0.05) is 26.9 Å². The average Bonchev–Trinajstić information content (AvgIpc) is 2.74. The molecule has 0 aliphatic carbocycles. The Morgan fingerprint density at radius 3 is 2.80 bits per heavy atom. The Labute approximate surface area is 117 Å². The lowest BCUT2D eigenvalue weighted by Gasteiger charge is -2.20. The van der Waals surface area contributed by atoms with Crippen LogP contribution >= 0.6 is 0 Å². The van der Waals surface area contributed by atoms with Crippen LogP contribution in [0.15, 0.2) is 6.20 Å². The molecule has 20 heavy (non-hydrogen) atoms. The Hall–Kier alpha value is -2.09. The van der Waals surface area contributed by atoms with Gasteiger partial charge in [-0.1, -0.05) is 6.92 Å². The third kappa shape index (κ3) is 4.54. The van der Waals surface area contributed by atoms with E-state index in [4.69, 9.17) is 9.84 Å². The molecule has 1 aromatic rings. The summed E-state index contributed by atoms with van der Waals surface area (Å²) in [4.78, 5) is 24.0. The molecule has 0 saturated heterocycles. The van der Waals surface area contributed by atoms with Gasteiger partial charge in [-0.3, -0.25) is 9.48 Å². The van der Waals surface area contributed by atoms with Gasteiger partial charge in [0.2, 0.25) is 0 Å². The first-order chi connectivity index (χ1) is 9.47. The lowest BCUT2D eigenvalue weighted by atomic mass is 10.3. The van der Waals surface area contributed by atoms with Crippen molar-refractivity contribution in [1.29, 1.82) is 0 Å². The highest BCUT2D eigenvalue weighted by molar-refractivity contribution is 5.91. The largest absolute Gasteiger partial charge is 0.480 e. The van der Waals surface area contributed by atoms with Crippen LogP contribution in [0.4, 0.5) is 10.5 Å². The maximum atomic E-state index is 12.1. The van der Waals surface area contributed by atoms with E-state index in [0.717, 1.165) is 5.69 Å². The van der Waals surface area contributed by atoms with Crippen LogP contribution < -0.4 is 5.32 Å². The monoisotopic (exact) mass is 284 g/mol. The second-order valence-corrected chi connectivity index (χ2v) is 4.25. The topological polar surface area (TPSA) is 96.7 Å². The number of carboxylic acid groups (broad SMARTS) is 1. The van der Waals surface area contributed by atoms with Crippen LogP contribution in [0.3, 0.4) is 0 Å². The molecule has 1 aromatic heterocycles. The van der Waals surface area contributed by atoms with Gasteiger partial charge in [-0.05, 0) is 6.42 Å². The number of hydrogen-bond acceptors (Lipinski definition) is 4. The molecule has 8 heteroatoms. The first kappa shape index (κ1) is 16.0. The summed E-state index contributed by atoms with van der Waals surface area (Å²) < 4.78 is 6.47. The number of aryl methyl sites for hydroxylation is 2. The number of carboxylic acids is 1. The predicted octanol–water partition coefficient (Wildman–Crippen LogP) is 0.547. The van der Waals surface area contributed by atoms with Crippen LogP contribution in [0.2, 0.25) is 0 Å². The standard InChI is InChI=1S/C12H20N4O4/c1-4-9-10(7-15(2)14-9)13-12(19)16(5-6-20-3)8-11(17)18/h7H,4-6,8H2,1-3H3,(H,13,19)(H,17,18). The molecule has 0 radical (unpaired) electrons. The van der Waals surface area contributed by atoms with Gasteiger partial charge in [0.1, 0.15) is 6.54 Å². The summed E-state index contributed by atoms with van der Waals surface area (Å²) in [7, 11) is 3.25. The van der Waals surface area contributed by atoms with Gasteiger partial charge in [0.05, 0.1) is 18.0 Å². The predicted molar refractivity (Wildman–Crippen MR) is 72.7 cm³/mol. The maximum absolute atomic E-state index is 12.1. The zero-order chi connectivity index (χ0) is 15.1. The molecule has 0 saturated carbocycles. The molecule has 8 nitrogen and oxygen atoms in total. The second-order valence-electron chi connectivity index (χ2n) is 4.25. The van der Waals surface area contributed by atoms with E-state index in [0.29, 0.717) is 12.1 Å². The minimum Gasteiger partial charge on any atom is -0.480 e. The normalized spacial score (nSPS) is 10.3. The van der Waals surface area contributed by atoms with E-state index in [1.165, 1.54) is 12.0 Å². The molecule has 0 spiro atoms. The lowest BCUT2D eigenvalue weighted by Crippen LogP contribution is -2.40. The van der Waals surface area contributed by atoms with Crippen LogP contribution in [0.5, 0.6) is 0 Å². The molecule has 0 aliphatic rings. The fourth-order valence-corrected chi connectivity index (χ4v) is 1.71. The first-order valence-corrected chi connectivity index (χ1v) is 6.27. The van der Waals surface area contributed by atoms with Crippen LogP contribution in [-0.2, 0) is 23.0 Å². The van der Waals surface area contributed by atoms with E-state index >= 15 is 0 Å². The van der Waals surface area contributed by atoms with Crippen LogP contribution in [0.25, 0.3) is 0 Å². The molecule has 0 fully saturated rings. The van der Waals surface area contributed by atoms with E-state index in [9.17, 15) is 9.59 Å². The maximum Gasteiger partial charge on any atom is 0.323 e. The molecule has 2 N–H and O–H groups in total. The highest BCUT2D eigenvalue weighted by Crippen LogP contribution is 2.14. The van der Waals surface area contributed by atoms with E-state index < -0.39 is 12.0 Å². The lowest BCUT2D eigenvalue weighted by molar-refractivity contribution is -0.137. The molecule has 0 atom stereocenters. The summed E-state index contributed by atoms with van der Waals surface area (Å²) in [5.74, 6) is -1.07. The number of aromatic nitrogens is 2. The molecule has 1 heterocycles. The number of carbonyl (C=O) groups excluding carboxylic acids is 1. The summed E-state index contributed by atoms with van der Waals surface area (Å²) in [6.45, 7) is 2.03. The van der Waals surface area contributed by atoms with Crippen molar-refractivity contribution >= 4 is 17.7 Å². The molecule has 0 bridgehead atoms. The van der Waals surface area contributed by atoms with Gasteiger partial charge in [-0.2, -0.15) is 5.10 Å². The number of rotatable bonds is 7. The summed E-state index contributed by atoms with van der Waals surface area (Å²) in [5.41, 5.74) is 1.34. The molecule has 0 unspecified atom stereocenters. The molecular formula is C12H20N4O4. The SMILES string of the molecule is CCc1nn(C)cc1NC(=O)N(CCOC)CC(=O)O. The number of nitrogens with one attached hydrogen (secondary N) is 1. The number of carbonyl (C=O) groups is 2. The molecule has 1 rings (SSSR count). The van der Waals surface area contributed by atoms with Crippen molar-refractivity contribution in [2.45, 2.75) is 13.3 Å². The highest BCUT2D eigenvalue weighted by Gasteiger charge is 2.18.